The molecule has 0 spiro atoms. The van der Waals surface area contributed by atoms with Crippen LogP contribution < -0.4 is 15.1 Å². The molecule has 2 fully saturated rings. The van der Waals surface area contributed by atoms with Crippen LogP contribution in [-0.2, 0) is 6.42 Å². The number of piperazine rings is 1. The highest BCUT2D eigenvalue weighted by Crippen LogP contribution is 2.39. The minimum Gasteiger partial charge on any atom is -0.368 e. The van der Waals surface area contributed by atoms with Gasteiger partial charge < -0.3 is 20.0 Å². The molecule has 0 unspecified atom stereocenters. The second kappa shape index (κ2) is 10.2. The van der Waals surface area contributed by atoms with Crippen LogP contribution >= 0.6 is 11.6 Å². The molecule has 1 N–H and O–H groups in total. The number of carbonyl (C=O) groups excluding carboxylic acids is 1. The van der Waals surface area contributed by atoms with Gasteiger partial charge in [-0.25, -0.2) is 4.79 Å². The van der Waals surface area contributed by atoms with Crippen LogP contribution in [0.1, 0.15) is 29.9 Å². The van der Waals surface area contributed by atoms with E-state index in [1.807, 2.05) is 4.90 Å². The number of nitrogens with zero attached hydrogens (tertiary/aromatic N) is 4. The van der Waals surface area contributed by atoms with E-state index in [1.54, 1.807) is 0 Å². The number of hydrogen-bond acceptors (Lipinski definition) is 4. The van der Waals surface area contributed by atoms with Crippen LogP contribution in [0.3, 0.4) is 0 Å². The van der Waals surface area contributed by atoms with Crippen molar-refractivity contribution in [2.24, 2.45) is 0 Å². The van der Waals surface area contributed by atoms with Crippen LogP contribution in [-0.4, -0.2) is 75.7 Å². The maximum atomic E-state index is 13.6. The molecular weight excluding hydrogens is 482 g/mol. The summed E-state index contributed by atoms with van der Waals surface area (Å²) in [5, 5.41) is 6.39. The second-order valence-electron chi connectivity index (χ2n) is 10.9. The number of likely N-dealkylation sites (tertiary alicyclic amines) is 1. The Balaban J connectivity index is 1.26. The molecule has 3 aliphatic rings. The zero-order valence-electron chi connectivity index (χ0n) is 21.8. The quantitative estimate of drug-likeness (QED) is 0.487. The van der Waals surface area contributed by atoms with E-state index >= 15 is 0 Å². The lowest BCUT2D eigenvalue weighted by Crippen LogP contribution is -2.44. The maximum Gasteiger partial charge on any atom is 0.326 e. The second-order valence-corrected chi connectivity index (χ2v) is 11.3. The summed E-state index contributed by atoms with van der Waals surface area (Å²) in [5.74, 6) is 0.564. The number of carbonyl (C=O) groups is 1. The number of urea groups is 1. The van der Waals surface area contributed by atoms with Crippen LogP contribution in [0.25, 0.3) is 10.8 Å². The van der Waals surface area contributed by atoms with Crippen LogP contribution in [0, 0.1) is 0 Å². The molecule has 0 saturated carbocycles. The van der Waals surface area contributed by atoms with Crippen molar-refractivity contribution in [2.75, 3.05) is 75.0 Å². The first kappa shape index (κ1) is 24.5. The Kier molecular flexibility index (Phi) is 6.74. The van der Waals surface area contributed by atoms with Crippen molar-refractivity contribution in [3.63, 3.8) is 0 Å². The fourth-order valence-electron chi connectivity index (χ4n) is 6.19. The number of hydrogen-bond donors (Lipinski definition) is 1. The number of rotatable bonds is 3. The molecule has 3 aromatic carbocycles. The number of fused-ring (bicyclic) bond motifs is 2. The molecule has 6 nitrogen and oxygen atoms in total. The van der Waals surface area contributed by atoms with Crippen molar-refractivity contribution in [2.45, 2.75) is 25.2 Å². The number of nitrogens with one attached hydrogen (secondary N) is 1. The lowest BCUT2D eigenvalue weighted by molar-refractivity contribution is 0.256. The molecule has 0 aromatic heterocycles. The average molecular weight is 518 g/mol. The van der Waals surface area contributed by atoms with E-state index < -0.39 is 0 Å². The first-order valence-electron chi connectivity index (χ1n) is 13.5. The van der Waals surface area contributed by atoms with Gasteiger partial charge in [0, 0.05) is 38.1 Å². The van der Waals surface area contributed by atoms with Gasteiger partial charge in [-0.3, -0.25) is 4.90 Å². The maximum absolute atomic E-state index is 13.6. The third-order valence-corrected chi connectivity index (χ3v) is 8.79. The van der Waals surface area contributed by atoms with Gasteiger partial charge in [0.25, 0.3) is 0 Å². The number of anilines is 3. The molecule has 0 aliphatic carbocycles. The predicted molar refractivity (Wildman–Crippen MR) is 155 cm³/mol. The summed E-state index contributed by atoms with van der Waals surface area (Å²) in [6.07, 6.45) is 3.17. The van der Waals surface area contributed by atoms with Crippen molar-refractivity contribution in [3.8, 4) is 0 Å². The molecule has 2 saturated heterocycles. The van der Waals surface area contributed by atoms with Gasteiger partial charge in [0.2, 0.25) is 0 Å². The number of likely N-dealkylation sites (N-methyl/N-ethyl adjacent to an activating group) is 1. The summed E-state index contributed by atoms with van der Waals surface area (Å²) in [5.41, 5.74) is 5.42. The molecule has 37 heavy (non-hydrogen) atoms. The monoisotopic (exact) mass is 517 g/mol. The summed E-state index contributed by atoms with van der Waals surface area (Å²) >= 11 is 6.71. The minimum atomic E-state index is -0.0809. The summed E-state index contributed by atoms with van der Waals surface area (Å²) in [4.78, 5) is 22.6. The van der Waals surface area contributed by atoms with Crippen LogP contribution in [0.15, 0.2) is 48.5 Å². The summed E-state index contributed by atoms with van der Waals surface area (Å²) < 4.78 is 0. The first-order chi connectivity index (χ1) is 18.0. The molecule has 0 bridgehead atoms. The molecule has 7 heteroatoms. The average Bonchev–Trinajstić information content (AvgIpc) is 3.32. The Morgan fingerprint density at radius 1 is 0.838 bits per heavy atom. The van der Waals surface area contributed by atoms with E-state index in [1.165, 1.54) is 23.8 Å². The lowest BCUT2D eigenvalue weighted by Gasteiger charge is -2.35. The van der Waals surface area contributed by atoms with Gasteiger partial charge in [-0.05, 0) is 87.1 Å². The number of halogens is 1. The van der Waals surface area contributed by atoms with Gasteiger partial charge in [-0.2, -0.15) is 0 Å². The highest BCUT2D eigenvalue weighted by atomic mass is 35.5. The van der Waals surface area contributed by atoms with Gasteiger partial charge in [0.05, 0.1) is 22.1 Å². The first-order valence-corrected chi connectivity index (χ1v) is 13.9. The Labute approximate surface area is 224 Å². The number of piperidine rings is 1. The van der Waals surface area contributed by atoms with Gasteiger partial charge in [-0.15, -0.1) is 0 Å². The fourth-order valence-corrected chi connectivity index (χ4v) is 6.49. The van der Waals surface area contributed by atoms with Gasteiger partial charge in [0.15, 0.2) is 0 Å². The lowest BCUT2D eigenvalue weighted by atomic mass is 9.86. The Bertz CT molecular complexity index is 1310. The Hall–Kier alpha value is -2.80. The zero-order chi connectivity index (χ0) is 25.5. The van der Waals surface area contributed by atoms with Gasteiger partial charge in [-0.1, -0.05) is 41.9 Å². The Morgan fingerprint density at radius 2 is 1.54 bits per heavy atom. The summed E-state index contributed by atoms with van der Waals surface area (Å²) in [6.45, 7) is 6.83. The Morgan fingerprint density at radius 3 is 2.30 bits per heavy atom. The van der Waals surface area contributed by atoms with Crippen molar-refractivity contribution in [1.82, 2.24) is 9.80 Å². The van der Waals surface area contributed by atoms with Crippen molar-refractivity contribution >= 4 is 45.5 Å². The largest absolute Gasteiger partial charge is 0.368 e. The molecule has 0 radical (unpaired) electrons. The number of benzene rings is 3. The van der Waals surface area contributed by atoms with E-state index in [2.05, 4.69) is 82.6 Å². The molecule has 3 heterocycles. The third-order valence-electron chi connectivity index (χ3n) is 8.49. The van der Waals surface area contributed by atoms with E-state index in [-0.39, 0.29) is 6.03 Å². The van der Waals surface area contributed by atoms with Crippen molar-refractivity contribution in [3.05, 3.63) is 64.7 Å². The minimum absolute atomic E-state index is 0.0809. The fraction of sp³-hybridized carbons (Fsp3) is 0.433. The van der Waals surface area contributed by atoms with E-state index in [0.717, 1.165) is 78.7 Å². The van der Waals surface area contributed by atoms with E-state index in [0.29, 0.717) is 12.5 Å². The van der Waals surface area contributed by atoms with E-state index in [9.17, 15) is 4.79 Å². The van der Waals surface area contributed by atoms with Crippen molar-refractivity contribution in [1.29, 1.82) is 0 Å². The summed E-state index contributed by atoms with van der Waals surface area (Å²) in [7, 11) is 4.35. The molecule has 6 rings (SSSR count). The standard InChI is InChI=1S/C30H36ClN5O/c1-33-12-9-21(10-13-33)23-7-8-27(25-6-4-3-5-24(23)25)32-30(37)36-14-11-22-19-26(31)29(20-28(22)36)35-17-15-34(2)16-18-35/h3-8,19-21H,9-18H2,1-2H3,(H,32,37). The highest BCUT2D eigenvalue weighted by molar-refractivity contribution is 6.33. The van der Waals surface area contributed by atoms with Crippen LogP contribution in [0.2, 0.25) is 5.02 Å². The number of amides is 2. The molecular formula is C30H36ClN5O. The predicted octanol–water partition coefficient (Wildman–Crippen LogP) is 5.65. The molecule has 3 aromatic rings. The molecule has 0 atom stereocenters. The molecule has 2 amide bonds. The van der Waals surface area contributed by atoms with Gasteiger partial charge >= 0.3 is 6.03 Å². The summed E-state index contributed by atoms with van der Waals surface area (Å²) in [6, 6.07) is 16.9. The molecule has 3 aliphatic heterocycles. The topological polar surface area (TPSA) is 42.1 Å². The normalized spacial score (nSPS) is 19.4. The van der Waals surface area contributed by atoms with Gasteiger partial charge in [0.1, 0.15) is 0 Å². The highest BCUT2D eigenvalue weighted by Gasteiger charge is 2.29. The van der Waals surface area contributed by atoms with Crippen LogP contribution in [0.5, 0.6) is 0 Å². The zero-order valence-corrected chi connectivity index (χ0v) is 22.6. The third kappa shape index (κ3) is 4.78. The molecule has 194 valence electrons. The SMILES string of the molecule is CN1CCC(c2ccc(NC(=O)N3CCc4cc(Cl)c(N5CCN(C)CC5)cc43)c3ccccc23)CC1. The van der Waals surface area contributed by atoms with E-state index in [4.69, 9.17) is 11.6 Å². The van der Waals surface area contributed by atoms with Crippen LogP contribution in [0.4, 0.5) is 21.9 Å². The smallest absolute Gasteiger partial charge is 0.326 e. The van der Waals surface area contributed by atoms with Crippen molar-refractivity contribution < 1.29 is 4.79 Å².